The highest BCUT2D eigenvalue weighted by Gasteiger charge is 2.38. The van der Waals surface area contributed by atoms with Gasteiger partial charge in [0.15, 0.2) is 0 Å². The lowest BCUT2D eigenvalue weighted by molar-refractivity contribution is -0.159. The van der Waals surface area contributed by atoms with Crippen LogP contribution in [0.1, 0.15) is 41.9 Å². The summed E-state index contributed by atoms with van der Waals surface area (Å²) in [4.78, 5) is 15.2. The van der Waals surface area contributed by atoms with Crippen LogP contribution in [0.3, 0.4) is 0 Å². The first-order valence-corrected chi connectivity index (χ1v) is 7.83. The molecule has 1 aromatic heterocycles. The summed E-state index contributed by atoms with van der Waals surface area (Å²) in [6.45, 7) is 0.486. The third kappa shape index (κ3) is 3.97. The molecule has 1 aliphatic carbocycles. The van der Waals surface area contributed by atoms with Crippen LogP contribution in [0.25, 0.3) is 11.4 Å². The molecule has 1 amide bonds. The number of hydrogen-bond donors (Lipinski definition) is 1. The van der Waals surface area contributed by atoms with Crippen molar-refractivity contribution in [2.75, 3.05) is 6.54 Å². The summed E-state index contributed by atoms with van der Waals surface area (Å²) >= 11 is 0. The number of carbonyl (C=O) groups is 1. The van der Waals surface area contributed by atoms with Gasteiger partial charge >= 0.3 is 12.1 Å². The minimum absolute atomic E-state index is 0.0101. The van der Waals surface area contributed by atoms with Crippen molar-refractivity contribution in [2.24, 2.45) is 5.92 Å². The minimum Gasteiger partial charge on any atom is -0.352 e. The van der Waals surface area contributed by atoms with Crippen molar-refractivity contribution >= 4 is 5.91 Å². The number of carbonyl (C=O) groups excluding carboxylic acids is 1. The van der Waals surface area contributed by atoms with E-state index in [9.17, 15) is 22.4 Å². The van der Waals surface area contributed by atoms with Gasteiger partial charge in [-0.2, -0.15) is 18.2 Å². The van der Waals surface area contributed by atoms with Crippen LogP contribution in [0.5, 0.6) is 0 Å². The molecule has 1 saturated carbocycles. The Morgan fingerprint density at radius 1 is 1.28 bits per heavy atom. The summed E-state index contributed by atoms with van der Waals surface area (Å²) in [5.41, 5.74) is -0.189. The Balaban J connectivity index is 1.71. The summed E-state index contributed by atoms with van der Waals surface area (Å²) in [5, 5.41) is 5.87. The Labute approximate surface area is 140 Å². The van der Waals surface area contributed by atoms with Gasteiger partial charge in [0, 0.05) is 12.1 Å². The van der Waals surface area contributed by atoms with Gasteiger partial charge in [-0.3, -0.25) is 4.79 Å². The summed E-state index contributed by atoms with van der Waals surface area (Å²) in [7, 11) is 0. The van der Waals surface area contributed by atoms with Crippen LogP contribution in [0.2, 0.25) is 0 Å². The second-order valence-electron chi connectivity index (χ2n) is 5.98. The first kappa shape index (κ1) is 17.4. The lowest BCUT2D eigenvalue weighted by Crippen LogP contribution is -2.29. The second kappa shape index (κ2) is 6.81. The van der Waals surface area contributed by atoms with E-state index >= 15 is 0 Å². The summed E-state index contributed by atoms with van der Waals surface area (Å²) < 4.78 is 55.6. The predicted molar refractivity (Wildman–Crippen MR) is 79.0 cm³/mol. The highest BCUT2D eigenvalue weighted by atomic mass is 19.4. The molecular weight excluding hydrogens is 342 g/mol. The molecule has 2 aromatic rings. The molecule has 5 nitrogen and oxygen atoms in total. The Bertz CT molecular complexity index is 767. The number of benzene rings is 1. The number of halogens is 4. The zero-order valence-corrected chi connectivity index (χ0v) is 13.1. The van der Waals surface area contributed by atoms with Gasteiger partial charge < -0.3 is 9.84 Å². The van der Waals surface area contributed by atoms with Crippen LogP contribution >= 0.6 is 0 Å². The van der Waals surface area contributed by atoms with Crippen molar-refractivity contribution < 1.29 is 26.9 Å². The summed E-state index contributed by atoms with van der Waals surface area (Å²) in [6.07, 6.45) is -0.422. The molecule has 0 aliphatic heterocycles. The molecule has 1 aliphatic rings. The molecule has 134 valence electrons. The molecule has 0 bridgehead atoms. The Morgan fingerprint density at radius 2 is 2.00 bits per heavy atom. The number of aromatic nitrogens is 2. The number of hydrogen-bond acceptors (Lipinski definition) is 4. The second-order valence-corrected chi connectivity index (χ2v) is 5.98. The normalized spacial score (nSPS) is 15.5. The average Bonchev–Trinajstić information content (AvgIpc) is 3.23. The smallest absolute Gasteiger partial charge is 0.352 e. The van der Waals surface area contributed by atoms with Gasteiger partial charge in [0.1, 0.15) is 5.82 Å². The molecule has 1 aromatic carbocycles. The Morgan fingerprint density at radius 3 is 2.60 bits per heavy atom. The van der Waals surface area contributed by atoms with Crippen molar-refractivity contribution in [3.63, 3.8) is 0 Å². The van der Waals surface area contributed by atoms with Crippen molar-refractivity contribution in [2.45, 2.75) is 31.9 Å². The molecule has 1 fully saturated rings. The molecular formula is C16H15F4N3O2. The van der Waals surface area contributed by atoms with E-state index in [-0.39, 0.29) is 11.1 Å². The lowest BCUT2D eigenvalue weighted by Gasteiger charge is -2.11. The molecule has 1 heterocycles. The van der Waals surface area contributed by atoms with Crippen molar-refractivity contribution in [1.82, 2.24) is 15.5 Å². The van der Waals surface area contributed by atoms with E-state index in [4.69, 9.17) is 0 Å². The van der Waals surface area contributed by atoms with Crippen LogP contribution in [-0.2, 0) is 6.18 Å². The molecule has 25 heavy (non-hydrogen) atoms. The van der Waals surface area contributed by atoms with Gasteiger partial charge in [0.2, 0.25) is 5.82 Å². The van der Waals surface area contributed by atoms with E-state index in [1.54, 1.807) is 0 Å². The molecule has 0 unspecified atom stereocenters. The van der Waals surface area contributed by atoms with E-state index in [2.05, 4.69) is 20.0 Å². The third-order valence-corrected chi connectivity index (χ3v) is 4.17. The molecule has 0 atom stereocenters. The van der Waals surface area contributed by atoms with Gasteiger partial charge in [0.25, 0.3) is 5.91 Å². The van der Waals surface area contributed by atoms with Crippen molar-refractivity contribution in [3.05, 3.63) is 35.5 Å². The monoisotopic (exact) mass is 357 g/mol. The number of nitrogens with one attached hydrogen (secondary N) is 1. The maximum atomic E-state index is 14.2. The van der Waals surface area contributed by atoms with E-state index in [1.807, 2.05) is 0 Å². The Kier molecular flexibility index (Phi) is 4.73. The molecule has 0 saturated heterocycles. The van der Waals surface area contributed by atoms with E-state index in [0.717, 1.165) is 31.7 Å². The molecule has 9 heteroatoms. The van der Waals surface area contributed by atoms with Crippen LogP contribution < -0.4 is 5.32 Å². The fourth-order valence-corrected chi connectivity index (χ4v) is 2.84. The highest BCUT2D eigenvalue weighted by molar-refractivity contribution is 5.94. The van der Waals surface area contributed by atoms with Gasteiger partial charge in [-0.1, -0.05) is 24.1 Å². The summed E-state index contributed by atoms with van der Waals surface area (Å²) in [6, 6.07) is 3.38. The number of rotatable bonds is 4. The van der Waals surface area contributed by atoms with Gasteiger partial charge in [0.05, 0.1) is 5.56 Å². The Hall–Kier alpha value is -2.45. The number of nitrogens with zero attached hydrogens (tertiary/aromatic N) is 2. The maximum Gasteiger partial charge on any atom is 0.471 e. The standard InChI is InChI=1S/C16H15F4N3O2/c17-12-7-10(13-22-15(25-23-13)16(18,19)20)5-6-11(12)14(24)21-8-9-3-1-2-4-9/h5-7,9H,1-4,8H2,(H,21,24). The number of alkyl halides is 3. The fraction of sp³-hybridized carbons (Fsp3) is 0.438. The van der Waals surface area contributed by atoms with Crippen LogP contribution in [-0.4, -0.2) is 22.6 Å². The quantitative estimate of drug-likeness (QED) is 0.845. The molecule has 1 N–H and O–H groups in total. The third-order valence-electron chi connectivity index (χ3n) is 4.17. The van der Waals surface area contributed by atoms with Gasteiger partial charge in [-0.05, 0) is 30.9 Å². The van der Waals surface area contributed by atoms with Crippen LogP contribution in [0.4, 0.5) is 17.6 Å². The zero-order valence-electron chi connectivity index (χ0n) is 13.1. The summed E-state index contributed by atoms with van der Waals surface area (Å²) in [5.74, 6) is -2.92. The first-order chi connectivity index (χ1) is 11.8. The fourth-order valence-electron chi connectivity index (χ4n) is 2.84. The SMILES string of the molecule is O=C(NCC1CCCC1)c1ccc(-c2noc(C(F)(F)F)n2)cc1F. The van der Waals surface area contributed by atoms with Crippen molar-refractivity contribution in [3.8, 4) is 11.4 Å². The lowest BCUT2D eigenvalue weighted by atomic mass is 10.1. The minimum atomic E-state index is -4.77. The van der Waals surface area contributed by atoms with Crippen LogP contribution in [0, 0.1) is 11.7 Å². The number of amides is 1. The largest absolute Gasteiger partial charge is 0.471 e. The van der Waals surface area contributed by atoms with Gasteiger partial charge in [-0.25, -0.2) is 4.39 Å². The van der Waals surface area contributed by atoms with E-state index in [0.29, 0.717) is 12.5 Å². The van der Waals surface area contributed by atoms with E-state index in [1.165, 1.54) is 12.1 Å². The highest BCUT2D eigenvalue weighted by Crippen LogP contribution is 2.29. The topological polar surface area (TPSA) is 68.0 Å². The molecule has 0 radical (unpaired) electrons. The van der Waals surface area contributed by atoms with E-state index < -0.39 is 29.6 Å². The molecule has 0 spiro atoms. The maximum absolute atomic E-state index is 14.2. The van der Waals surface area contributed by atoms with Crippen molar-refractivity contribution in [1.29, 1.82) is 0 Å². The zero-order chi connectivity index (χ0) is 18.0. The van der Waals surface area contributed by atoms with Crippen LogP contribution in [0.15, 0.2) is 22.7 Å². The van der Waals surface area contributed by atoms with Gasteiger partial charge in [-0.15, -0.1) is 0 Å². The first-order valence-electron chi connectivity index (χ1n) is 7.83. The molecule has 3 rings (SSSR count). The average molecular weight is 357 g/mol. The predicted octanol–water partition coefficient (Wildman–Crippen LogP) is 3.81.